The van der Waals surface area contributed by atoms with Crippen LogP contribution in [0.1, 0.15) is 18.4 Å². The van der Waals surface area contributed by atoms with E-state index in [1.807, 2.05) is 0 Å². The van der Waals surface area contributed by atoms with Crippen LogP contribution in [-0.2, 0) is 6.42 Å². The van der Waals surface area contributed by atoms with Gasteiger partial charge in [0.2, 0.25) is 5.13 Å². The highest BCUT2D eigenvalue weighted by Gasteiger charge is 2.19. The Bertz CT molecular complexity index is 526. The molecule has 0 spiro atoms. The van der Waals surface area contributed by atoms with E-state index in [4.69, 9.17) is 0 Å². The predicted octanol–water partition coefficient (Wildman–Crippen LogP) is 3.78. The largest absolute Gasteiger partial charge is 0.316 e. The third-order valence-electron chi connectivity index (χ3n) is 2.98. The molecule has 0 fully saturated rings. The second-order valence-corrected chi connectivity index (χ2v) is 6.31. The summed E-state index contributed by atoms with van der Waals surface area (Å²) in [6.45, 7) is 1.03. The van der Waals surface area contributed by atoms with Gasteiger partial charge in [0.15, 0.2) is 3.92 Å². The summed E-state index contributed by atoms with van der Waals surface area (Å²) in [7, 11) is 0. The first-order valence-electron chi connectivity index (χ1n) is 5.69. The predicted molar refractivity (Wildman–Crippen MR) is 74.0 cm³/mol. The number of fused-ring (bicyclic) bond motifs is 1. The maximum absolute atomic E-state index is 4.23. The van der Waals surface area contributed by atoms with E-state index in [1.54, 1.807) is 11.3 Å². The smallest absolute Gasteiger partial charge is 0.213 e. The van der Waals surface area contributed by atoms with E-state index in [0.717, 1.165) is 22.0 Å². The van der Waals surface area contributed by atoms with Crippen LogP contribution >= 0.6 is 27.3 Å². The molecule has 17 heavy (non-hydrogen) atoms. The van der Waals surface area contributed by atoms with Crippen molar-refractivity contribution >= 4 is 38.1 Å². The number of para-hydroxylation sites is 1. The number of rotatable bonds is 1. The number of benzene rings is 1. The fraction of sp³-hybridized carbons (Fsp3) is 0.333. The van der Waals surface area contributed by atoms with E-state index in [2.05, 4.69) is 55.3 Å². The monoisotopic (exact) mass is 309 g/mol. The average Bonchev–Trinajstić information content (AvgIpc) is 2.66. The number of anilines is 2. The summed E-state index contributed by atoms with van der Waals surface area (Å²) in [5.74, 6) is 0. The Morgan fingerprint density at radius 2 is 2.06 bits per heavy atom. The van der Waals surface area contributed by atoms with Crippen LogP contribution in [0.3, 0.4) is 0 Å². The number of hydrogen-bond donors (Lipinski definition) is 0. The second kappa shape index (κ2) is 4.74. The molecule has 0 N–H and O–H groups in total. The van der Waals surface area contributed by atoms with Crippen LogP contribution in [0.25, 0.3) is 0 Å². The van der Waals surface area contributed by atoms with Gasteiger partial charge in [0.05, 0.1) is 0 Å². The molecule has 1 aromatic heterocycles. The van der Waals surface area contributed by atoms with Crippen LogP contribution in [0.15, 0.2) is 28.2 Å². The van der Waals surface area contributed by atoms with E-state index >= 15 is 0 Å². The minimum absolute atomic E-state index is 0.842. The van der Waals surface area contributed by atoms with Gasteiger partial charge < -0.3 is 4.90 Å². The molecule has 0 unspecified atom stereocenters. The Labute approximate surface area is 113 Å². The fourth-order valence-electron chi connectivity index (χ4n) is 2.20. The standard InChI is InChI=1S/C12H12BrN3S/c13-11-14-15-12(17-11)16-8-4-3-6-9-5-1-2-7-10(9)16/h1-2,5,7H,3-4,6,8H2. The van der Waals surface area contributed by atoms with Crippen LogP contribution in [0.2, 0.25) is 0 Å². The SMILES string of the molecule is Brc1nnc(N2CCCCc3ccccc32)s1. The van der Waals surface area contributed by atoms with E-state index in [0.29, 0.717) is 0 Å². The Kier molecular flexibility index (Phi) is 3.11. The molecule has 0 aliphatic carbocycles. The Hall–Kier alpha value is -0.940. The maximum atomic E-state index is 4.23. The fourth-order valence-corrected chi connectivity index (χ4v) is 3.32. The van der Waals surface area contributed by atoms with Gasteiger partial charge in [0.1, 0.15) is 0 Å². The molecule has 0 bridgehead atoms. The van der Waals surface area contributed by atoms with Crippen molar-refractivity contribution in [1.29, 1.82) is 0 Å². The Morgan fingerprint density at radius 3 is 2.88 bits per heavy atom. The minimum atomic E-state index is 0.842. The zero-order chi connectivity index (χ0) is 11.7. The van der Waals surface area contributed by atoms with Crippen molar-refractivity contribution in [3.05, 3.63) is 33.7 Å². The molecule has 2 heterocycles. The first-order valence-corrected chi connectivity index (χ1v) is 7.30. The van der Waals surface area contributed by atoms with Crippen molar-refractivity contribution in [2.45, 2.75) is 19.3 Å². The third-order valence-corrected chi connectivity index (χ3v) is 4.36. The van der Waals surface area contributed by atoms with Crippen molar-refractivity contribution in [2.24, 2.45) is 0 Å². The zero-order valence-corrected chi connectivity index (χ0v) is 11.7. The molecule has 1 aliphatic rings. The van der Waals surface area contributed by atoms with Gasteiger partial charge in [-0.15, -0.1) is 10.2 Å². The molecule has 88 valence electrons. The van der Waals surface area contributed by atoms with Crippen molar-refractivity contribution < 1.29 is 0 Å². The molecule has 1 aromatic carbocycles. The summed E-state index contributed by atoms with van der Waals surface area (Å²) < 4.78 is 0.842. The molecule has 2 aromatic rings. The van der Waals surface area contributed by atoms with Gasteiger partial charge in [-0.25, -0.2) is 0 Å². The highest BCUT2D eigenvalue weighted by molar-refractivity contribution is 9.11. The van der Waals surface area contributed by atoms with Gasteiger partial charge in [-0.1, -0.05) is 29.5 Å². The number of nitrogens with zero attached hydrogens (tertiary/aromatic N) is 3. The molecule has 0 atom stereocenters. The van der Waals surface area contributed by atoms with E-state index in [9.17, 15) is 0 Å². The third kappa shape index (κ3) is 2.21. The molecule has 0 amide bonds. The zero-order valence-electron chi connectivity index (χ0n) is 9.27. The molecular formula is C12H12BrN3S. The van der Waals surface area contributed by atoms with Crippen LogP contribution in [0.5, 0.6) is 0 Å². The van der Waals surface area contributed by atoms with Gasteiger partial charge in [-0.2, -0.15) is 0 Å². The van der Waals surface area contributed by atoms with Crippen LogP contribution in [-0.4, -0.2) is 16.7 Å². The van der Waals surface area contributed by atoms with Crippen LogP contribution < -0.4 is 4.90 Å². The van der Waals surface area contributed by atoms with E-state index < -0.39 is 0 Å². The first-order chi connectivity index (χ1) is 8.34. The molecule has 1 aliphatic heterocycles. The average molecular weight is 310 g/mol. The quantitative estimate of drug-likeness (QED) is 0.803. The number of halogens is 1. The molecule has 0 radical (unpaired) electrons. The lowest BCUT2D eigenvalue weighted by Gasteiger charge is -2.21. The molecule has 0 saturated heterocycles. The lowest BCUT2D eigenvalue weighted by molar-refractivity contribution is 0.758. The molecule has 5 heteroatoms. The van der Waals surface area contributed by atoms with Gasteiger partial charge in [-0.3, -0.25) is 0 Å². The van der Waals surface area contributed by atoms with Crippen molar-refractivity contribution in [3.63, 3.8) is 0 Å². The van der Waals surface area contributed by atoms with Gasteiger partial charge >= 0.3 is 0 Å². The van der Waals surface area contributed by atoms with Crippen LogP contribution in [0.4, 0.5) is 10.8 Å². The molecule has 0 saturated carbocycles. The van der Waals surface area contributed by atoms with Crippen molar-refractivity contribution in [2.75, 3.05) is 11.4 Å². The van der Waals surface area contributed by atoms with Gasteiger partial charge in [0.25, 0.3) is 0 Å². The minimum Gasteiger partial charge on any atom is -0.316 e. The lowest BCUT2D eigenvalue weighted by Crippen LogP contribution is -2.17. The Balaban J connectivity index is 2.05. The highest BCUT2D eigenvalue weighted by Crippen LogP contribution is 2.35. The number of aryl methyl sites for hydroxylation is 1. The summed E-state index contributed by atoms with van der Waals surface area (Å²) in [5.41, 5.74) is 2.70. The first kappa shape index (κ1) is 11.2. The normalized spacial score (nSPS) is 15.5. The lowest BCUT2D eigenvalue weighted by atomic mass is 10.1. The number of hydrogen-bond acceptors (Lipinski definition) is 4. The summed E-state index contributed by atoms with van der Waals surface area (Å²) in [5, 5.41) is 9.24. The number of aromatic nitrogens is 2. The highest BCUT2D eigenvalue weighted by atomic mass is 79.9. The summed E-state index contributed by atoms with van der Waals surface area (Å²) in [6.07, 6.45) is 3.60. The topological polar surface area (TPSA) is 29.0 Å². The summed E-state index contributed by atoms with van der Waals surface area (Å²) in [6, 6.07) is 8.59. The molecule has 3 rings (SSSR count). The maximum Gasteiger partial charge on any atom is 0.213 e. The second-order valence-electron chi connectivity index (χ2n) is 4.08. The molecular weight excluding hydrogens is 298 g/mol. The molecule has 3 nitrogen and oxygen atoms in total. The van der Waals surface area contributed by atoms with Crippen molar-refractivity contribution in [3.8, 4) is 0 Å². The summed E-state index contributed by atoms with van der Waals surface area (Å²) in [4.78, 5) is 2.28. The van der Waals surface area contributed by atoms with E-state index in [1.165, 1.54) is 24.1 Å². The van der Waals surface area contributed by atoms with E-state index in [-0.39, 0.29) is 0 Å². The summed E-state index contributed by atoms with van der Waals surface area (Å²) >= 11 is 4.96. The Morgan fingerprint density at radius 1 is 1.18 bits per heavy atom. The van der Waals surface area contributed by atoms with Gasteiger partial charge in [-0.05, 0) is 46.8 Å². The van der Waals surface area contributed by atoms with Gasteiger partial charge in [0, 0.05) is 12.2 Å². The van der Waals surface area contributed by atoms with Crippen molar-refractivity contribution in [1.82, 2.24) is 10.2 Å². The van der Waals surface area contributed by atoms with Crippen LogP contribution in [0, 0.1) is 0 Å².